The van der Waals surface area contributed by atoms with E-state index in [0.717, 1.165) is 6.42 Å². The largest absolute Gasteiger partial charge is 0.380 e. The summed E-state index contributed by atoms with van der Waals surface area (Å²) in [5.74, 6) is 0.541. The molecule has 0 radical (unpaired) electrons. The number of hydrogen-bond donors (Lipinski definition) is 0. The Labute approximate surface area is 103 Å². The van der Waals surface area contributed by atoms with Crippen molar-refractivity contribution >= 4 is 0 Å². The molecule has 2 nitrogen and oxygen atoms in total. The van der Waals surface area contributed by atoms with Gasteiger partial charge in [0.2, 0.25) is 0 Å². The van der Waals surface area contributed by atoms with E-state index in [4.69, 9.17) is 10.00 Å². The Kier molecular flexibility index (Phi) is 4.39. The Hall–Kier alpha value is -0.620. The van der Waals surface area contributed by atoms with Crippen molar-refractivity contribution in [2.45, 2.75) is 57.2 Å². The molecule has 0 aromatic rings. The molecule has 0 spiro atoms. The van der Waals surface area contributed by atoms with Crippen molar-refractivity contribution in [1.29, 1.82) is 5.26 Å². The first-order valence-corrected chi connectivity index (χ1v) is 6.82. The SMILES string of the molecule is COC1CC(C2CCCCC2)CC(F)C1C#N. The number of ether oxygens (including phenoxy) is 1. The van der Waals surface area contributed by atoms with Crippen molar-refractivity contribution in [2.24, 2.45) is 17.8 Å². The van der Waals surface area contributed by atoms with E-state index in [1.807, 2.05) is 0 Å². The summed E-state index contributed by atoms with van der Waals surface area (Å²) in [6.07, 6.45) is 6.64. The zero-order valence-electron chi connectivity index (χ0n) is 10.6. The van der Waals surface area contributed by atoms with Gasteiger partial charge in [-0.05, 0) is 24.7 Å². The van der Waals surface area contributed by atoms with Crippen LogP contribution in [0.2, 0.25) is 0 Å². The summed E-state index contributed by atoms with van der Waals surface area (Å²) in [6.45, 7) is 0. The van der Waals surface area contributed by atoms with E-state index < -0.39 is 12.1 Å². The number of nitriles is 1. The third kappa shape index (κ3) is 2.80. The van der Waals surface area contributed by atoms with Gasteiger partial charge in [-0.2, -0.15) is 5.26 Å². The van der Waals surface area contributed by atoms with E-state index >= 15 is 0 Å². The van der Waals surface area contributed by atoms with Gasteiger partial charge in [-0.1, -0.05) is 32.1 Å². The predicted molar refractivity (Wildman–Crippen MR) is 64.1 cm³/mol. The molecule has 17 heavy (non-hydrogen) atoms. The van der Waals surface area contributed by atoms with E-state index in [2.05, 4.69) is 6.07 Å². The second-order valence-corrected chi connectivity index (χ2v) is 5.57. The van der Waals surface area contributed by atoms with Crippen LogP contribution in [0.25, 0.3) is 0 Å². The lowest BCUT2D eigenvalue weighted by atomic mass is 9.69. The highest BCUT2D eigenvalue weighted by Gasteiger charge is 2.41. The van der Waals surface area contributed by atoms with Gasteiger partial charge in [0.05, 0.1) is 12.2 Å². The summed E-state index contributed by atoms with van der Waals surface area (Å²) < 4.78 is 19.3. The van der Waals surface area contributed by atoms with Crippen LogP contribution >= 0.6 is 0 Å². The summed E-state index contributed by atoms with van der Waals surface area (Å²) in [7, 11) is 1.60. The van der Waals surface area contributed by atoms with Gasteiger partial charge in [-0.15, -0.1) is 0 Å². The fourth-order valence-electron chi connectivity index (χ4n) is 3.61. The number of hydrogen-bond acceptors (Lipinski definition) is 2. The number of alkyl halides is 1. The molecule has 4 unspecified atom stereocenters. The molecule has 0 aromatic carbocycles. The minimum absolute atomic E-state index is 0.198. The van der Waals surface area contributed by atoms with E-state index in [1.165, 1.54) is 32.1 Å². The molecule has 0 aromatic heterocycles. The molecule has 0 aliphatic heterocycles. The van der Waals surface area contributed by atoms with Crippen LogP contribution in [0, 0.1) is 29.1 Å². The number of rotatable bonds is 2. The highest BCUT2D eigenvalue weighted by atomic mass is 19.1. The van der Waals surface area contributed by atoms with Crippen molar-refractivity contribution in [1.82, 2.24) is 0 Å². The first-order chi connectivity index (χ1) is 8.26. The van der Waals surface area contributed by atoms with Crippen LogP contribution in [0.5, 0.6) is 0 Å². The number of halogens is 1. The van der Waals surface area contributed by atoms with Crippen LogP contribution in [-0.2, 0) is 4.74 Å². The summed E-state index contributed by atoms with van der Waals surface area (Å²) in [6, 6.07) is 2.08. The summed E-state index contributed by atoms with van der Waals surface area (Å²) in [4.78, 5) is 0. The van der Waals surface area contributed by atoms with Crippen molar-refractivity contribution in [3.8, 4) is 6.07 Å². The Morgan fingerprint density at radius 1 is 1.12 bits per heavy atom. The maximum atomic E-state index is 14.0. The molecule has 0 N–H and O–H groups in total. The zero-order valence-corrected chi connectivity index (χ0v) is 10.6. The van der Waals surface area contributed by atoms with E-state index in [0.29, 0.717) is 18.3 Å². The Balaban J connectivity index is 1.99. The molecule has 2 aliphatic rings. The molecule has 2 rings (SSSR count). The molecule has 3 heteroatoms. The summed E-state index contributed by atoms with van der Waals surface area (Å²) in [5, 5.41) is 8.99. The van der Waals surface area contributed by atoms with Crippen LogP contribution in [0.15, 0.2) is 0 Å². The number of nitrogens with zero attached hydrogens (tertiary/aromatic N) is 1. The van der Waals surface area contributed by atoms with Gasteiger partial charge < -0.3 is 4.74 Å². The van der Waals surface area contributed by atoms with Gasteiger partial charge in [-0.3, -0.25) is 0 Å². The van der Waals surface area contributed by atoms with Crippen LogP contribution < -0.4 is 0 Å². The topological polar surface area (TPSA) is 33.0 Å². The molecule has 2 aliphatic carbocycles. The summed E-state index contributed by atoms with van der Waals surface area (Å²) >= 11 is 0. The molecule has 2 saturated carbocycles. The molecule has 2 fully saturated rings. The average molecular weight is 239 g/mol. The van der Waals surface area contributed by atoms with Gasteiger partial charge >= 0.3 is 0 Å². The third-order valence-electron chi connectivity index (χ3n) is 4.62. The molecule has 0 bridgehead atoms. The van der Waals surface area contributed by atoms with E-state index in [1.54, 1.807) is 7.11 Å². The molecule has 4 atom stereocenters. The minimum atomic E-state index is -0.995. The van der Waals surface area contributed by atoms with E-state index in [9.17, 15) is 4.39 Å². The highest BCUT2D eigenvalue weighted by Crippen LogP contribution is 2.41. The fraction of sp³-hybridized carbons (Fsp3) is 0.929. The van der Waals surface area contributed by atoms with Gasteiger partial charge in [-0.25, -0.2) is 4.39 Å². The van der Waals surface area contributed by atoms with Gasteiger partial charge in [0.25, 0.3) is 0 Å². The van der Waals surface area contributed by atoms with Crippen LogP contribution in [0.4, 0.5) is 4.39 Å². The maximum absolute atomic E-state index is 14.0. The highest BCUT2D eigenvalue weighted by molar-refractivity contribution is 5.00. The molecular weight excluding hydrogens is 217 g/mol. The van der Waals surface area contributed by atoms with Crippen molar-refractivity contribution in [3.63, 3.8) is 0 Å². The fourth-order valence-corrected chi connectivity index (χ4v) is 3.61. The van der Waals surface area contributed by atoms with Gasteiger partial charge in [0.1, 0.15) is 12.1 Å². The Morgan fingerprint density at radius 3 is 2.41 bits per heavy atom. The summed E-state index contributed by atoms with van der Waals surface area (Å²) in [5.41, 5.74) is 0. The number of methoxy groups -OCH3 is 1. The third-order valence-corrected chi connectivity index (χ3v) is 4.62. The zero-order chi connectivity index (χ0) is 12.3. The average Bonchev–Trinajstić information content (AvgIpc) is 2.38. The Bertz CT molecular complexity index is 282. The molecular formula is C14H22FNO. The minimum Gasteiger partial charge on any atom is -0.380 e. The smallest absolute Gasteiger partial charge is 0.119 e. The molecule has 96 valence electrons. The lowest BCUT2D eigenvalue weighted by Crippen LogP contribution is -2.40. The van der Waals surface area contributed by atoms with E-state index in [-0.39, 0.29) is 6.10 Å². The monoisotopic (exact) mass is 239 g/mol. The standard InChI is InChI=1S/C14H22FNO/c1-17-14-8-11(7-13(15)12(14)9-16)10-5-3-2-4-6-10/h10-14H,2-8H2,1H3. The second-order valence-electron chi connectivity index (χ2n) is 5.57. The van der Waals surface area contributed by atoms with Crippen molar-refractivity contribution in [3.05, 3.63) is 0 Å². The quantitative estimate of drug-likeness (QED) is 0.739. The van der Waals surface area contributed by atoms with Gasteiger partial charge in [0.15, 0.2) is 0 Å². The normalized spacial score (nSPS) is 39.8. The first-order valence-electron chi connectivity index (χ1n) is 6.82. The lowest BCUT2D eigenvalue weighted by molar-refractivity contribution is -0.0295. The molecule has 0 amide bonds. The lowest BCUT2D eigenvalue weighted by Gasteiger charge is -2.39. The van der Waals surface area contributed by atoms with Gasteiger partial charge in [0, 0.05) is 7.11 Å². The predicted octanol–water partition coefficient (Wildman–Crippen LogP) is 3.47. The first kappa shape index (κ1) is 12.8. The Morgan fingerprint density at radius 2 is 1.82 bits per heavy atom. The molecule has 0 saturated heterocycles. The molecule has 0 heterocycles. The van der Waals surface area contributed by atoms with Crippen molar-refractivity contribution < 1.29 is 9.13 Å². The second kappa shape index (κ2) is 5.82. The van der Waals surface area contributed by atoms with Crippen LogP contribution in [0.3, 0.4) is 0 Å². The maximum Gasteiger partial charge on any atom is 0.119 e. The van der Waals surface area contributed by atoms with Crippen molar-refractivity contribution in [2.75, 3.05) is 7.11 Å². The van der Waals surface area contributed by atoms with Crippen LogP contribution in [0.1, 0.15) is 44.9 Å². The van der Waals surface area contributed by atoms with Crippen LogP contribution in [-0.4, -0.2) is 19.4 Å².